The summed E-state index contributed by atoms with van der Waals surface area (Å²) >= 11 is 0. The van der Waals surface area contributed by atoms with Gasteiger partial charge in [-0.2, -0.15) is 0 Å². The van der Waals surface area contributed by atoms with E-state index < -0.39 is 0 Å². The molecule has 1 aromatic carbocycles. The van der Waals surface area contributed by atoms with Crippen molar-refractivity contribution in [1.29, 1.82) is 0 Å². The van der Waals surface area contributed by atoms with Crippen LogP contribution in [-0.2, 0) is 14.4 Å². The lowest BCUT2D eigenvalue weighted by Gasteiger charge is -2.40. The monoisotopic (exact) mass is 425 g/mol. The molecule has 0 saturated carbocycles. The molecule has 168 valence electrons. The van der Waals surface area contributed by atoms with Crippen molar-refractivity contribution in [2.75, 3.05) is 31.1 Å². The number of anilines is 1. The molecule has 6 heteroatoms. The topological polar surface area (TPSA) is 60.9 Å². The van der Waals surface area contributed by atoms with Crippen LogP contribution < -0.4 is 4.90 Å². The number of hydrogen-bond acceptors (Lipinski definition) is 3. The summed E-state index contributed by atoms with van der Waals surface area (Å²) in [7, 11) is 0. The van der Waals surface area contributed by atoms with Crippen molar-refractivity contribution in [3.05, 3.63) is 29.8 Å². The summed E-state index contributed by atoms with van der Waals surface area (Å²) in [5, 5.41) is 0. The van der Waals surface area contributed by atoms with E-state index in [4.69, 9.17) is 0 Å². The molecule has 3 fully saturated rings. The van der Waals surface area contributed by atoms with Crippen LogP contribution in [-0.4, -0.2) is 59.7 Å². The van der Waals surface area contributed by atoms with Gasteiger partial charge in [-0.1, -0.05) is 24.6 Å². The van der Waals surface area contributed by atoms with Crippen molar-refractivity contribution >= 4 is 23.4 Å². The molecule has 2 atom stereocenters. The number of hydrogen-bond donors (Lipinski definition) is 0. The first-order chi connectivity index (χ1) is 15.0. The van der Waals surface area contributed by atoms with Gasteiger partial charge in [-0.05, 0) is 57.6 Å². The van der Waals surface area contributed by atoms with E-state index in [1.165, 1.54) is 6.42 Å². The van der Waals surface area contributed by atoms with E-state index in [9.17, 15) is 14.4 Å². The Bertz CT molecular complexity index is 814. The van der Waals surface area contributed by atoms with Gasteiger partial charge in [0.15, 0.2) is 0 Å². The quantitative estimate of drug-likeness (QED) is 0.743. The molecule has 6 nitrogen and oxygen atoms in total. The summed E-state index contributed by atoms with van der Waals surface area (Å²) in [6, 6.07) is 8.26. The molecule has 3 heterocycles. The number of carbonyl (C=O) groups excluding carboxylic acids is 3. The van der Waals surface area contributed by atoms with Gasteiger partial charge in [-0.3, -0.25) is 14.4 Å². The van der Waals surface area contributed by atoms with Crippen molar-refractivity contribution < 1.29 is 14.4 Å². The molecule has 3 saturated heterocycles. The van der Waals surface area contributed by atoms with E-state index in [2.05, 4.69) is 11.8 Å². The van der Waals surface area contributed by atoms with Gasteiger partial charge in [0.05, 0.1) is 5.92 Å². The molecule has 0 unspecified atom stereocenters. The van der Waals surface area contributed by atoms with Gasteiger partial charge >= 0.3 is 0 Å². The maximum absolute atomic E-state index is 13.1. The number of nitrogens with zero attached hydrogens (tertiary/aromatic N) is 3. The minimum absolute atomic E-state index is 0.0166. The second kappa shape index (κ2) is 9.41. The van der Waals surface area contributed by atoms with Crippen molar-refractivity contribution in [3.63, 3.8) is 0 Å². The van der Waals surface area contributed by atoms with Gasteiger partial charge in [0.2, 0.25) is 17.7 Å². The molecule has 1 aromatic rings. The molecule has 0 aromatic heterocycles. The first kappa shape index (κ1) is 21.8. The molecule has 0 radical (unpaired) electrons. The highest BCUT2D eigenvalue weighted by atomic mass is 16.2. The lowest BCUT2D eigenvalue weighted by molar-refractivity contribution is -0.144. The zero-order valence-electron chi connectivity index (χ0n) is 18.9. The van der Waals surface area contributed by atoms with E-state index in [0.29, 0.717) is 31.6 Å². The van der Waals surface area contributed by atoms with E-state index in [-0.39, 0.29) is 30.1 Å². The molecule has 0 spiro atoms. The normalized spacial score (nSPS) is 25.2. The number of aryl methyl sites for hydroxylation is 1. The number of piperidine rings is 2. The molecule has 0 N–H and O–H groups in total. The number of rotatable bonds is 4. The van der Waals surface area contributed by atoms with Crippen LogP contribution in [0.3, 0.4) is 0 Å². The highest BCUT2D eigenvalue weighted by Crippen LogP contribution is 2.30. The average molecular weight is 426 g/mol. The molecule has 3 aliphatic heterocycles. The molecule has 0 bridgehead atoms. The number of benzene rings is 1. The summed E-state index contributed by atoms with van der Waals surface area (Å²) in [5.41, 5.74) is 2.01. The Kier molecular flexibility index (Phi) is 6.63. The minimum Gasteiger partial charge on any atom is -0.342 e. The van der Waals surface area contributed by atoms with Crippen LogP contribution in [0.2, 0.25) is 0 Å². The van der Waals surface area contributed by atoms with Crippen LogP contribution in [0.15, 0.2) is 24.3 Å². The van der Waals surface area contributed by atoms with Crippen LogP contribution in [0.4, 0.5) is 5.69 Å². The van der Waals surface area contributed by atoms with Gasteiger partial charge in [0.25, 0.3) is 0 Å². The van der Waals surface area contributed by atoms with Crippen molar-refractivity contribution in [1.82, 2.24) is 9.80 Å². The first-order valence-corrected chi connectivity index (χ1v) is 11.9. The SMILES string of the molecule is CC[C@@H]1CCCCN1C(=O)C1CCN(C(=O)[C@@H]2CC(=O)N(c3ccc(C)cc3)C2)CC1. The molecule has 31 heavy (non-hydrogen) atoms. The number of carbonyl (C=O) groups is 3. The van der Waals surface area contributed by atoms with Crippen LogP contribution in [0.1, 0.15) is 57.4 Å². The van der Waals surface area contributed by atoms with Gasteiger partial charge in [-0.25, -0.2) is 0 Å². The summed E-state index contributed by atoms with van der Waals surface area (Å²) in [4.78, 5) is 44.5. The predicted molar refractivity (Wildman–Crippen MR) is 121 cm³/mol. The largest absolute Gasteiger partial charge is 0.342 e. The summed E-state index contributed by atoms with van der Waals surface area (Å²) < 4.78 is 0. The second-order valence-corrected chi connectivity index (χ2v) is 9.43. The Hall–Kier alpha value is -2.37. The van der Waals surface area contributed by atoms with E-state index in [0.717, 1.165) is 49.9 Å². The van der Waals surface area contributed by atoms with Gasteiger partial charge in [0.1, 0.15) is 0 Å². The van der Waals surface area contributed by atoms with E-state index in [1.807, 2.05) is 36.1 Å². The maximum atomic E-state index is 13.1. The number of likely N-dealkylation sites (tertiary alicyclic amines) is 2. The summed E-state index contributed by atoms with van der Waals surface area (Å²) in [6.45, 7) is 6.76. The van der Waals surface area contributed by atoms with Crippen molar-refractivity contribution in [2.45, 2.75) is 64.8 Å². The van der Waals surface area contributed by atoms with E-state index in [1.54, 1.807) is 4.90 Å². The van der Waals surface area contributed by atoms with E-state index >= 15 is 0 Å². The second-order valence-electron chi connectivity index (χ2n) is 9.43. The Morgan fingerprint density at radius 1 is 0.935 bits per heavy atom. The molecule has 3 amide bonds. The fraction of sp³-hybridized carbons (Fsp3) is 0.640. The third-order valence-corrected chi connectivity index (χ3v) is 7.36. The first-order valence-electron chi connectivity index (χ1n) is 11.9. The zero-order chi connectivity index (χ0) is 22.0. The minimum atomic E-state index is -0.285. The van der Waals surface area contributed by atoms with Crippen molar-refractivity contribution in [2.24, 2.45) is 11.8 Å². The fourth-order valence-electron chi connectivity index (χ4n) is 5.40. The van der Waals surface area contributed by atoms with Gasteiger partial charge in [-0.15, -0.1) is 0 Å². The van der Waals surface area contributed by atoms with Crippen LogP contribution in [0.25, 0.3) is 0 Å². The van der Waals surface area contributed by atoms with Crippen LogP contribution in [0.5, 0.6) is 0 Å². The Balaban J connectivity index is 1.31. The number of amides is 3. The predicted octanol–water partition coefficient (Wildman–Crippen LogP) is 3.38. The Morgan fingerprint density at radius 2 is 1.65 bits per heavy atom. The lowest BCUT2D eigenvalue weighted by Crippen LogP contribution is -2.50. The third-order valence-electron chi connectivity index (χ3n) is 7.36. The molecular formula is C25H35N3O3. The summed E-state index contributed by atoms with van der Waals surface area (Å²) in [6.07, 6.45) is 6.21. The standard InChI is InChI=1S/C25H35N3O3/c1-3-21-6-4-5-13-27(21)25(31)19-11-14-26(15-12-19)24(30)20-16-23(29)28(17-20)22-9-7-18(2)8-10-22/h7-10,19-21H,3-6,11-17H2,1-2H3/t20-,21-/m1/s1. The lowest BCUT2D eigenvalue weighted by atomic mass is 9.91. The highest BCUT2D eigenvalue weighted by Gasteiger charge is 2.39. The van der Waals surface area contributed by atoms with Gasteiger partial charge in [0, 0.05) is 50.2 Å². The Morgan fingerprint density at radius 3 is 2.32 bits per heavy atom. The third kappa shape index (κ3) is 4.63. The van der Waals surface area contributed by atoms with Crippen LogP contribution >= 0.6 is 0 Å². The Labute approximate surface area is 185 Å². The summed E-state index contributed by atoms with van der Waals surface area (Å²) in [5.74, 6) is 0.125. The van der Waals surface area contributed by atoms with Crippen molar-refractivity contribution in [3.8, 4) is 0 Å². The maximum Gasteiger partial charge on any atom is 0.228 e. The molecule has 0 aliphatic carbocycles. The smallest absolute Gasteiger partial charge is 0.228 e. The average Bonchev–Trinajstić information content (AvgIpc) is 3.20. The van der Waals surface area contributed by atoms with Crippen LogP contribution in [0, 0.1) is 18.8 Å². The molecule has 4 rings (SSSR count). The fourth-order valence-corrected chi connectivity index (χ4v) is 5.40. The van der Waals surface area contributed by atoms with Gasteiger partial charge < -0.3 is 14.7 Å². The zero-order valence-corrected chi connectivity index (χ0v) is 18.9. The highest BCUT2D eigenvalue weighted by molar-refractivity contribution is 6.00. The molecule has 3 aliphatic rings. The molecular weight excluding hydrogens is 390 g/mol.